The van der Waals surface area contributed by atoms with Crippen LogP contribution >= 0.6 is 0 Å². The van der Waals surface area contributed by atoms with E-state index in [4.69, 9.17) is 10.5 Å². The van der Waals surface area contributed by atoms with Crippen LogP contribution in [0.4, 0.5) is 0 Å². The van der Waals surface area contributed by atoms with E-state index in [0.717, 1.165) is 58.8 Å². The molecular weight excluding hydrogens is 268 g/mol. The summed E-state index contributed by atoms with van der Waals surface area (Å²) in [4.78, 5) is 19.0. The number of carbonyl (C=O) groups is 1. The van der Waals surface area contributed by atoms with Crippen LogP contribution in [0.5, 0.6) is 0 Å². The van der Waals surface area contributed by atoms with Crippen LogP contribution in [0.25, 0.3) is 0 Å². The smallest absolute Gasteiger partial charge is 0.236 e. The number of hydrogen-bond acceptors (Lipinski definition) is 5. The van der Waals surface area contributed by atoms with Gasteiger partial charge in [0.15, 0.2) is 0 Å². The first-order chi connectivity index (χ1) is 10.2. The molecule has 6 nitrogen and oxygen atoms in total. The molecule has 0 saturated carbocycles. The fraction of sp³-hybridized carbons (Fsp3) is 0.933. The molecule has 122 valence electrons. The van der Waals surface area contributed by atoms with Crippen molar-refractivity contribution >= 4 is 5.91 Å². The Morgan fingerprint density at radius 3 is 2.48 bits per heavy atom. The van der Waals surface area contributed by atoms with E-state index in [1.807, 2.05) is 4.90 Å². The summed E-state index contributed by atoms with van der Waals surface area (Å²) in [5.41, 5.74) is 5.71. The number of carbonyl (C=O) groups excluding carboxylic acids is 1. The SMILES string of the molecule is CC(CN)CN1CCCN(CC(=O)N2CCOCC2)CC1. The summed E-state index contributed by atoms with van der Waals surface area (Å²) in [6, 6.07) is 0. The van der Waals surface area contributed by atoms with Crippen molar-refractivity contribution in [3.63, 3.8) is 0 Å². The summed E-state index contributed by atoms with van der Waals surface area (Å²) in [6.07, 6.45) is 1.13. The molecule has 0 bridgehead atoms. The van der Waals surface area contributed by atoms with Crippen LogP contribution in [0.15, 0.2) is 0 Å². The number of hydrogen-bond donors (Lipinski definition) is 1. The zero-order chi connectivity index (χ0) is 15.1. The maximum absolute atomic E-state index is 12.3. The van der Waals surface area contributed by atoms with Crippen LogP contribution in [-0.2, 0) is 9.53 Å². The van der Waals surface area contributed by atoms with Crippen molar-refractivity contribution in [2.75, 3.05) is 72.1 Å². The number of ether oxygens (including phenoxy) is 1. The van der Waals surface area contributed by atoms with Crippen LogP contribution < -0.4 is 5.73 Å². The van der Waals surface area contributed by atoms with E-state index in [1.54, 1.807) is 0 Å². The Hall–Kier alpha value is -0.690. The molecule has 2 rings (SSSR count). The van der Waals surface area contributed by atoms with Crippen LogP contribution in [0.3, 0.4) is 0 Å². The Morgan fingerprint density at radius 1 is 1.10 bits per heavy atom. The minimum absolute atomic E-state index is 0.252. The maximum atomic E-state index is 12.3. The quantitative estimate of drug-likeness (QED) is 0.738. The Bertz CT molecular complexity index is 321. The largest absolute Gasteiger partial charge is 0.378 e. The maximum Gasteiger partial charge on any atom is 0.236 e. The van der Waals surface area contributed by atoms with Gasteiger partial charge >= 0.3 is 0 Å². The molecule has 0 aromatic carbocycles. The lowest BCUT2D eigenvalue weighted by Crippen LogP contribution is -2.46. The Labute approximate surface area is 128 Å². The summed E-state index contributed by atoms with van der Waals surface area (Å²) >= 11 is 0. The van der Waals surface area contributed by atoms with Gasteiger partial charge in [0.05, 0.1) is 19.8 Å². The van der Waals surface area contributed by atoms with Gasteiger partial charge in [-0.25, -0.2) is 0 Å². The van der Waals surface area contributed by atoms with E-state index >= 15 is 0 Å². The van der Waals surface area contributed by atoms with Gasteiger partial charge in [-0.15, -0.1) is 0 Å². The van der Waals surface area contributed by atoms with Gasteiger partial charge in [-0.1, -0.05) is 6.92 Å². The first kappa shape index (κ1) is 16.7. The number of morpholine rings is 1. The predicted molar refractivity (Wildman–Crippen MR) is 83.1 cm³/mol. The van der Waals surface area contributed by atoms with E-state index in [9.17, 15) is 4.79 Å². The van der Waals surface area contributed by atoms with Gasteiger partial charge in [0, 0.05) is 32.7 Å². The molecule has 2 heterocycles. The molecule has 2 fully saturated rings. The van der Waals surface area contributed by atoms with Crippen molar-refractivity contribution in [3.05, 3.63) is 0 Å². The van der Waals surface area contributed by atoms with Gasteiger partial charge in [0.1, 0.15) is 0 Å². The zero-order valence-corrected chi connectivity index (χ0v) is 13.3. The summed E-state index contributed by atoms with van der Waals surface area (Å²) in [7, 11) is 0. The van der Waals surface area contributed by atoms with Crippen LogP contribution in [-0.4, -0.2) is 92.7 Å². The highest BCUT2D eigenvalue weighted by molar-refractivity contribution is 5.78. The van der Waals surface area contributed by atoms with E-state index < -0.39 is 0 Å². The van der Waals surface area contributed by atoms with Crippen molar-refractivity contribution in [2.45, 2.75) is 13.3 Å². The molecule has 0 spiro atoms. The molecule has 1 atom stereocenters. The third kappa shape index (κ3) is 5.54. The van der Waals surface area contributed by atoms with Gasteiger partial charge < -0.3 is 20.3 Å². The van der Waals surface area contributed by atoms with Crippen molar-refractivity contribution in [2.24, 2.45) is 11.7 Å². The molecule has 2 aliphatic heterocycles. The summed E-state index contributed by atoms with van der Waals surface area (Å²) < 4.78 is 5.30. The molecule has 0 aromatic heterocycles. The monoisotopic (exact) mass is 298 g/mol. The van der Waals surface area contributed by atoms with E-state index in [0.29, 0.717) is 25.7 Å². The van der Waals surface area contributed by atoms with Crippen LogP contribution in [0.2, 0.25) is 0 Å². The number of amides is 1. The molecule has 0 aromatic rings. The molecule has 2 aliphatic rings. The second kappa shape index (κ2) is 8.68. The molecule has 1 amide bonds. The first-order valence-corrected chi connectivity index (χ1v) is 8.19. The second-order valence-electron chi connectivity index (χ2n) is 6.26. The number of rotatable bonds is 5. The fourth-order valence-corrected chi connectivity index (χ4v) is 2.98. The topological polar surface area (TPSA) is 62.0 Å². The third-order valence-electron chi connectivity index (χ3n) is 4.38. The van der Waals surface area contributed by atoms with Gasteiger partial charge in [-0.3, -0.25) is 9.69 Å². The molecule has 1 unspecified atom stereocenters. The predicted octanol–water partition coefficient (Wildman–Crippen LogP) is -0.552. The molecule has 0 radical (unpaired) electrons. The highest BCUT2D eigenvalue weighted by Gasteiger charge is 2.22. The van der Waals surface area contributed by atoms with Crippen molar-refractivity contribution < 1.29 is 9.53 Å². The molecule has 6 heteroatoms. The fourth-order valence-electron chi connectivity index (χ4n) is 2.98. The molecule has 2 saturated heterocycles. The van der Waals surface area contributed by atoms with Crippen molar-refractivity contribution in [3.8, 4) is 0 Å². The number of nitrogens with zero attached hydrogens (tertiary/aromatic N) is 3. The van der Waals surface area contributed by atoms with E-state index in [1.165, 1.54) is 0 Å². The van der Waals surface area contributed by atoms with Crippen LogP contribution in [0, 0.1) is 5.92 Å². The Kier molecular flexibility index (Phi) is 6.89. The highest BCUT2D eigenvalue weighted by Crippen LogP contribution is 2.07. The molecule has 21 heavy (non-hydrogen) atoms. The van der Waals surface area contributed by atoms with Gasteiger partial charge in [-0.05, 0) is 32.0 Å². The highest BCUT2D eigenvalue weighted by atomic mass is 16.5. The zero-order valence-electron chi connectivity index (χ0n) is 13.3. The molecular formula is C15H30N4O2. The standard InChI is InChI=1S/C15H30N4O2/c1-14(11-16)12-17-3-2-4-18(6-5-17)13-15(20)19-7-9-21-10-8-19/h14H,2-13,16H2,1H3. The minimum atomic E-state index is 0.252. The number of nitrogens with two attached hydrogens (primary N) is 1. The Morgan fingerprint density at radius 2 is 1.76 bits per heavy atom. The van der Waals surface area contributed by atoms with Gasteiger partial charge in [0.25, 0.3) is 0 Å². The summed E-state index contributed by atoms with van der Waals surface area (Å²) in [5.74, 6) is 0.800. The van der Waals surface area contributed by atoms with Gasteiger partial charge in [0.2, 0.25) is 5.91 Å². The second-order valence-corrected chi connectivity index (χ2v) is 6.26. The Balaban J connectivity index is 1.73. The van der Waals surface area contributed by atoms with Crippen molar-refractivity contribution in [1.29, 1.82) is 0 Å². The first-order valence-electron chi connectivity index (χ1n) is 8.19. The lowest BCUT2D eigenvalue weighted by Gasteiger charge is -2.29. The summed E-state index contributed by atoms with van der Waals surface area (Å²) in [6.45, 7) is 11.6. The van der Waals surface area contributed by atoms with Gasteiger partial charge in [-0.2, -0.15) is 0 Å². The average Bonchev–Trinajstić information content (AvgIpc) is 2.73. The molecule has 2 N–H and O–H groups in total. The average molecular weight is 298 g/mol. The van der Waals surface area contributed by atoms with E-state index in [-0.39, 0.29) is 5.91 Å². The third-order valence-corrected chi connectivity index (χ3v) is 4.38. The van der Waals surface area contributed by atoms with Crippen molar-refractivity contribution in [1.82, 2.24) is 14.7 Å². The molecule has 0 aliphatic carbocycles. The minimum Gasteiger partial charge on any atom is -0.378 e. The lowest BCUT2D eigenvalue weighted by molar-refractivity contribution is -0.136. The van der Waals surface area contributed by atoms with E-state index in [2.05, 4.69) is 16.7 Å². The normalized spacial score (nSPS) is 23.8. The lowest BCUT2D eigenvalue weighted by atomic mass is 10.1. The van der Waals surface area contributed by atoms with Crippen LogP contribution in [0.1, 0.15) is 13.3 Å². The summed E-state index contributed by atoms with van der Waals surface area (Å²) in [5, 5.41) is 0.